The SMILES string of the molecule is CCOC(=O)c1cn2c(n1)NCCC2C(C)C. The van der Waals surface area contributed by atoms with E-state index in [0.29, 0.717) is 24.3 Å². The highest BCUT2D eigenvalue weighted by atomic mass is 16.5. The number of hydrogen-bond donors (Lipinski definition) is 1. The summed E-state index contributed by atoms with van der Waals surface area (Å²) in [5.41, 5.74) is 0.391. The van der Waals surface area contributed by atoms with Crippen molar-refractivity contribution in [3.63, 3.8) is 0 Å². The van der Waals surface area contributed by atoms with Gasteiger partial charge in [0.05, 0.1) is 6.61 Å². The molecule has 1 N–H and O–H groups in total. The van der Waals surface area contributed by atoms with Crippen LogP contribution in [0.5, 0.6) is 0 Å². The number of rotatable bonds is 3. The Hall–Kier alpha value is -1.52. The highest BCUT2D eigenvalue weighted by Gasteiger charge is 2.25. The summed E-state index contributed by atoms with van der Waals surface area (Å²) in [5, 5.41) is 3.21. The van der Waals surface area contributed by atoms with Gasteiger partial charge in [-0.05, 0) is 19.3 Å². The highest BCUT2D eigenvalue weighted by molar-refractivity contribution is 5.87. The molecular weight excluding hydrogens is 218 g/mol. The topological polar surface area (TPSA) is 56.2 Å². The van der Waals surface area contributed by atoms with E-state index in [1.165, 1.54) is 0 Å². The first-order valence-electron chi connectivity index (χ1n) is 6.13. The van der Waals surface area contributed by atoms with Crippen LogP contribution in [0.4, 0.5) is 5.95 Å². The van der Waals surface area contributed by atoms with E-state index < -0.39 is 0 Å². The number of aromatic nitrogens is 2. The van der Waals surface area contributed by atoms with Gasteiger partial charge in [-0.2, -0.15) is 0 Å². The van der Waals surface area contributed by atoms with Crippen LogP contribution < -0.4 is 5.32 Å². The van der Waals surface area contributed by atoms with Crippen molar-refractivity contribution in [2.45, 2.75) is 33.2 Å². The van der Waals surface area contributed by atoms with Crippen LogP contribution in [0.15, 0.2) is 6.20 Å². The van der Waals surface area contributed by atoms with Gasteiger partial charge in [-0.1, -0.05) is 13.8 Å². The molecule has 1 aromatic heterocycles. The fourth-order valence-electron chi connectivity index (χ4n) is 2.21. The second-order valence-corrected chi connectivity index (χ2v) is 4.60. The predicted octanol–water partition coefficient (Wildman–Crippen LogP) is 2.07. The van der Waals surface area contributed by atoms with Crippen molar-refractivity contribution in [3.8, 4) is 0 Å². The number of nitrogens with one attached hydrogen (secondary N) is 1. The average Bonchev–Trinajstić information content (AvgIpc) is 2.72. The molecule has 0 spiro atoms. The number of ether oxygens (including phenoxy) is 1. The Morgan fingerprint density at radius 3 is 3.12 bits per heavy atom. The molecule has 0 saturated carbocycles. The predicted molar refractivity (Wildman–Crippen MR) is 65.2 cm³/mol. The van der Waals surface area contributed by atoms with Gasteiger partial charge in [0.25, 0.3) is 0 Å². The third-order valence-electron chi connectivity index (χ3n) is 3.07. The summed E-state index contributed by atoms with van der Waals surface area (Å²) in [6.45, 7) is 7.45. The lowest BCUT2D eigenvalue weighted by molar-refractivity contribution is 0.0520. The van der Waals surface area contributed by atoms with Gasteiger partial charge in [0.1, 0.15) is 0 Å². The van der Waals surface area contributed by atoms with E-state index in [4.69, 9.17) is 4.74 Å². The minimum Gasteiger partial charge on any atom is -0.461 e. The van der Waals surface area contributed by atoms with Gasteiger partial charge in [0.2, 0.25) is 5.95 Å². The molecule has 5 nitrogen and oxygen atoms in total. The van der Waals surface area contributed by atoms with Crippen molar-refractivity contribution >= 4 is 11.9 Å². The van der Waals surface area contributed by atoms with E-state index in [9.17, 15) is 4.79 Å². The summed E-state index contributed by atoms with van der Waals surface area (Å²) in [6.07, 6.45) is 2.85. The fourth-order valence-corrected chi connectivity index (χ4v) is 2.21. The Bertz CT molecular complexity index is 412. The molecular formula is C12H19N3O2. The Morgan fingerprint density at radius 1 is 1.71 bits per heavy atom. The summed E-state index contributed by atoms with van der Waals surface area (Å²) in [5.74, 6) is 0.955. The van der Waals surface area contributed by atoms with E-state index in [1.807, 2.05) is 0 Å². The molecule has 0 radical (unpaired) electrons. The zero-order valence-corrected chi connectivity index (χ0v) is 10.6. The van der Waals surface area contributed by atoms with E-state index in [2.05, 4.69) is 28.7 Å². The van der Waals surface area contributed by atoms with Gasteiger partial charge in [0, 0.05) is 18.8 Å². The van der Waals surface area contributed by atoms with Crippen molar-refractivity contribution in [1.29, 1.82) is 0 Å². The molecule has 0 aromatic carbocycles. The monoisotopic (exact) mass is 237 g/mol. The fraction of sp³-hybridized carbons (Fsp3) is 0.667. The number of nitrogens with zero attached hydrogens (tertiary/aromatic N) is 2. The van der Waals surface area contributed by atoms with Crippen LogP contribution in [0.25, 0.3) is 0 Å². The van der Waals surface area contributed by atoms with Gasteiger partial charge in [-0.3, -0.25) is 0 Å². The third kappa shape index (κ3) is 2.28. The van der Waals surface area contributed by atoms with Crippen LogP contribution in [0, 0.1) is 5.92 Å². The maximum absolute atomic E-state index is 11.6. The maximum Gasteiger partial charge on any atom is 0.358 e. The Balaban J connectivity index is 2.27. The normalized spacial score (nSPS) is 18.7. The summed E-state index contributed by atoms with van der Waals surface area (Å²) in [7, 11) is 0. The molecule has 0 saturated heterocycles. The molecule has 0 bridgehead atoms. The lowest BCUT2D eigenvalue weighted by Crippen LogP contribution is -2.25. The van der Waals surface area contributed by atoms with Crippen LogP contribution in [0.3, 0.4) is 0 Å². The molecule has 2 rings (SSSR count). The summed E-state index contributed by atoms with van der Waals surface area (Å²) < 4.78 is 7.01. The average molecular weight is 237 g/mol. The summed E-state index contributed by atoms with van der Waals surface area (Å²) in [6, 6.07) is 0.405. The van der Waals surface area contributed by atoms with Crippen LogP contribution in [-0.2, 0) is 4.74 Å². The van der Waals surface area contributed by atoms with Crippen molar-refractivity contribution < 1.29 is 9.53 Å². The lowest BCUT2D eigenvalue weighted by Gasteiger charge is -2.28. The third-order valence-corrected chi connectivity index (χ3v) is 3.07. The largest absolute Gasteiger partial charge is 0.461 e. The quantitative estimate of drug-likeness (QED) is 0.818. The number of hydrogen-bond acceptors (Lipinski definition) is 4. The Morgan fingerprint density at radius 2 is 2.47 bits per heavy atom. The van der Waals surface area contributed by atoms with Crippen LogP contribution in [0.1, 0.15) is 43.7 Å². The molecule has 1 atom stereocenters. The second-order valence-electron chi connectivity index (χ2n) is 4.60. The van der Waals surface area contributed by atoms with Crippen molar-refractivity contribution in [3.05, 3.63) is 11.9 Å². The van der Waals surface area contributed by atoms with Crippen molar-refractivity contribution in [1.82, 2.24) is 9.55 Å². The molecule has 2 heterocycles. The van der Waals surface area contributed by atoms with E-state index in [0.717, 1.165) is 18.9 Å². The molecule has 17 heavy (non-hydrogen) atoms. The standard InChI is InChI=1S/C12H19N3O2/c1-4-17-11(16)9-7-15-10(8(2)3)5-6-13-12(15)14-9/h7-8,10H,4-6H2,1-3H3,(H,13,14). The van der Waals surface area contributed by atoms with Gasteiger partial charge < -0.3 is 14.6 Å². The number of esters is 1. The zero-order valence-electron chi connectivity index (χ0n) is 10.6. The first-order chi connectivity index (χ1) is 8.13. The number of fused-ring (bicyclic) bond motifs is 1. The lowest BCUT2D eigenvalue weighted by atomic mass is 10.00. The Labute approximate surface area is 101 Å². The second kappa shape index (κ2) is 4.77. The number of imidazole rings is 1. The maximum atomic E-state index is 11.6. The molecule has 0 aliphatic carbocycles. The molecule has 0 fully saturated rings. The van der Waals surface area contributed by atoms with Crippen LogP contribution in [0.2, 0.25) is 0 Å². The number of carbonyl (C=O) groups excluding carboxylic acids is 1. The molecule has 1 aliphatic heterocycles. The van der Waals surface area contributed by atoms with E-state index in [-0.39, 0.29) is 5.97 Å². The van der Waals surface area contributed by atoms with Gasteiger partial charge in [0.15, 0.2) is 5.69 Å². The molecule has 94 valence electrons. The summed E-state index contributed by atoms with van der Waals surface area (Å²) >= 11 is 0. The van der Waals surface area contributed by atoms with Crippen molar-refractivity contribution in [2.75, 3.05) is 18.5 Å². The first kappa shape index (κ1) is 12.0. The van der Waals surface area contributed by atoms with Gasteiger partial charge in [-0.25, -0.2) is 9.78 Å². The van der Waals surface area contributed by atoms with Crippen LogP contribution in [-0.4, -0.2) is 28.7 Å². The number of carbonyl (C=O) groups is 1. The van der Waals surface area contributed by atoms with E-state index in [1.54, 1.807) is 13.1 Å². The minimum atomic E-state index is -0.348. The molecule has 0 amide bonds. The zero-order chi connectivity index (χ0) is 12.4. The molecule has 1 aliphatic rings. The number of anilines is 1. The van der Waals surface area contributed by atoms with Crippen molar-refractivity contribution in [2.24, 2.45) is 5.92 Å². The van der Waals surface area contributed by atoms with E-state index >= 15 is 0 Å². The molecule has 1 unspecified atom stereocenters. The van der Waals surface area contributed by atoms with Gasteiger partial charge >= 0.3 is 5.97 Å². The Kier molecular flexibility index (Phi) is 3.36. The summed E-state index contributed by atoms with van der Waals surface area (Å²) in [4.78, 5) is 15.9. The smallest absolute Gasteiger partial charge is 0.358 e. The highest BCUT2D eigenvalue weighted by Crippen LogP contribution is 2.29. The van der Waals surface area contributed by atoms with Gasteiger partial charge in [-0.15, -0.1) is 0 Å². The minimum absolute atomic E-state index is 0.348. The molecule has 5 heteroatoms. The first-order valence-corrected chi connectivity index (χ1v) is 6.13. The molecule has 1 aromatic rings. The van der Waals surface area contributed by atoms with Crippen LogP contribution >= 0.6 is 0 Å².